The minimum absolute atomic E-state index is 0.102. The second-order valence-electron chi connectivity index (χ2n) is 1.38. The third-order valence-electron chi connectivity index (χ3n) is 0.713. The summed E-state index contributed by atoms with van der Waals surface area (Å²) in [6.07, 6.45) is 0.102. The lowest BCUT2D eigenvalue weighted by Crippen LogP contribution is -2.22. The minimum atomic E-state index is 0.102. The zero-order valence-corrected chi connectivity index (χ0v) is 4.55. The predicted molar refractivity (Wildman–Crippen MR) is 28.7 cm³/mol. The van der Waals surface area contributed by atoms with E-state index < -0.39 is 0 Å². The normalized spacial score (nSPS) is 14.1. The Morgan fingerprint density at radius 3 is 2.29 bits per heavy atom. The van der Waals surface area contributed by atoms with Gasteiger partial charge in [-0.05, 0) is 6.92 Å². The SMILES string of the molecule is CC(CN)OCN. The topological polar surface area (TPSA) is 61.3 Å². The molecule has 0 aromatic rings. The molecule has 0 aliphatic rings. The van der Waals surface area contributed by atoms with Gasteiger partial charge in [-0.25, -0.2) is 0 Å². The zero-order valence-electron chi connectivity index (χ0n) is 4.55. The van der Waals surface area contributed by atoms with Crippen LogP contribution in [0.3, 0.4) is 0 Å². The summed E-state index contributed by atoms with van der Waals surface area (Å²) in [6.45, 7) is 2.68. The molecule has 3 nitrogen and oxygen atoms in total. The summed E-state index contributed by atoms with van der Waals surface area (Å²) in [7, 11) is 0. The summed E-state index contributed by atoms with van der Waals surface area (Å²) < 4.78 is 4.84. The van der Waals surface area contributed by atoms with Crippen LogP contribution < -0.4 is 11.5 Å². The van der Waals surface area contributed by atoms with Crippen LogP contribution in [0.5, 0.6) is 0 Å². The Morgan fingerprint density at radius 1 is 1.57 bits per heavy atom. The molecule has 44 valence electrons. The summed E-state index contributed by atoms with van der Waals surface area (Å²) in [5, 5.41) is 0. The fourth-order valence-corrected chi connectivity index (χ4v) is 0.232. The standard InChI is InChI=1S/C4H12N2O/c1-4(2-5)7-3-6/h4H,2-3,5-6H2,1H3. The maximum Gasteiger partial charge on any atom is 0.0944 e. The van der Waals surface area contributed by atoms with E-state index in [4.69, 9.17) is 16.2 Å². The van der Waals surface area contributed by atoms with Crippen molar-refractivity contribution >= 4 is 0 Å². The van der Waals surface area contributed by atoms with Gasteiger partial charge in [0.15, 0.2) is 0 Å². The van der Waals surface area contributed by atoms with Crippen LogP contribution in [-0.2, 0) is 4.74 Å². The average molecular weight is 104 g/mol. The lowest BCUT2D eigenvalue weighted by Gasteiger charge is -2.05. The first-order valence-corrected chi connectivity index (χ1v) is 2.33. The monoisotopic (exact) mass is 104 g/mol. The maximum absolute atomic E-state index is 5.18. The van der Waals surface area contributed by atoms with Crippen LogP contribution in [0.25, 0.3) is 0 Å². The van der Waals surface area contributed by atoms with Gasteiger partial charge in [0.1, 0.15) is 0 Å². The van der Waals surface area contributed by atoms with E-state index in [0.29, 0.717) is 6.54 Å². The van der Waals surface area contributed by atoms with Crippen molar-refractivity contribution in [3.8, 4) is 0 Å². The second kappa shape index (κ2) is 4.05. The van der Waals surface area contributed by atoms with Crippen molar-refractivity contribution in [1.29, 1.82) is 0 Å². The van der Waals surface area contributed by atoms with E-state index in [-0.39, 0.29) is 12.8 Å². The number of ether oxygens (including phenoxy) is 1. The molecule has 1 unspecified atom stereocenters. The molecule has 7 heavy (non-hydrogen) atoms. The predicted octanol–water partition coefficient (Wildman–Crippen LogP) is -0.734. The Labute approximate surface area is 43.6 Å². The molecule has 0 bridgehead atoms. The van der Waals surface area contributed by atoms with Crippen LogP contribution in [0.4, 0.5) is 0 Å². The van der Waals surface area contributed by atoms with Gasteiger partial charge in [-0.2, -0.15) is 0 Å². The lowest BCUT2D eigenvalue weighted by atomic mass is 10.4. The molecular weight excluding hydrogens is 92.1 g/mol. The average Bonchev–Trinajstić information content (AvgIpc) is 1.68. The van der Waals surface area contributed by atoms with E-state index in [1.807, 2.05) is 6.92 Å². The molecule has 0 heterocycles. The van der Waals surface area contributed by atoms with Crippen molar-refractivity contribution in [2.45, 2.75) is 13.0 Å². The van der Waals surface area contributed by atoms with Crippen molar-refractivity contribution in [3.05, 3.63) is 0 Å². The van der Waals surface area contributed by atoms with Gasteiger partial charge in [-0.3, -0.25) is 0 Å². The van der Waals surface area contributed by atoms with Crippen molar-refractivity contribution in [3.63, 3.8) is 0 Å². The number of hydrogen-bond acceptors (Lipinski definition) is 3. The Bertz CT molecular complexity index is 40.7. The molecule has 3 heteroatoms. The van der Waals surface area contributed by atoms with Gasteiger partial charge in [0.2, 0.25) is 0 Å². The highest BCUT2D eigenvalue weighted by atomic mass is 16.5. The van der Waals surface area contributed by atoms with Crippen LogP contribution in [0, 0.1) is 0 Å². The number of nitrogens with two attached hydrogens (primary N) is 2. The highest BCUT2D eigenvalue weighted by Gasteiger charge is 1.92. The van der Waals surface area contributed by atoms with Gasteiger partial charge in [0.25, 0.3) is 0 Å². The van der Waals surface area contributed by atoms with Gasteiger partial charge in [-0.15, -0.1) is 0 Å². The van der Waals surface area contributed by atoms with Crippen LogP contribution in [0.2, 0.25) is 0 Å². The molecule has 4 N–H and O–H groups in total. The fraction of sp³-hybridized carbons (Fsp3) is 1.00. The van der Waals surface area contributed by atoms with Crippen molar-refractivity contribution < 1.29 is 4.74 Å². The number of rotatable bonds is 3. The first kappa shape index (κ1) is 6.88. The second-order valence-corrected chi connectivity index (χ2v) is 1.38. The van der Waals surface area contributed by atoms with Crippen molar-refractivity contribution in [2.75, 3.05) is 13.3 Å². The third kappa shape index (κ3) is 3.72. The zero-order chi connectivity index (χ0) is 5.70. The van der Waals surface area contributed by atoms with Gasteiger partial charge in [0.05, 0.1) is 12.8 Å². The van der Waals surface area contributed by atoms with E-state index in [1.54, 1.807) is 0 Å². The molecule has 0 aromatic heterocycles. The first-order valence-electron chi connectivity index (χ1n) is 2.33. The van der Waals surface area contributed by atoms with Crippen LogP contribution in [-0.4, -0.2) is 19.4 Å². The molecule has 0 radical (unpaired) electrons. The molecule has 0 saturated carbocycles. The number of hydrogen-bond donors (Lipinski definition) is 2. The molecule has 0 saturated heterocycles. The molecule has 1 atom stereocenters. The molecule has 0 fully saturated rings. The Balaban J connectivity index is 2.83. The minimum Gasteiger partial charge on any atom is -0.362 e. The van der Waals surface area contributed by atoms with E-state index in [2.05, 4.69) is 0 Å². The van der Waals surface area contributed by atoms with Gasteiger partial charge in [0, 0.05) is 6.54 Å². The highest BCUT2D eigenvalue weighted by molar-refractivity contribution is 4.45. The Kier molecular flexibility index (Phi) is 3.98. The summed E-state index contributed by atoms with van der Waals surface area (Å²) >= 11 is 0. The summed E-state index contributed by atoms with van der Waals surface area (Å²) in [6, 6.07) is 0. The smallest absolute Gasteiger partial charge is 0.0944 e. The van der Waals surface area contributed by atoms with E-state index in [0.717, 1.165) is 0 Å². The quantitative estimate of drug-likeness (QED) is 0.464. The van der Waals surface area contributed by atoms with Crippen molar-refractivity contribution in [1.82, 2.24) is 0 Å². The van der Waals surface area contributed by atoms with Gasteiger partial charge >= 0.3 is 0 Å². The van der Waals surface area contributed by atoms with Crippen LogP contribution in [0.15, 0.2) is 0 Å². The summed E-state index contributed by atoms with van der Waals surface area (Å²) in [5.41, 5.74) is 10.2. The lowest BCUT2D eigenvalue weighted by molar-refractivity contribution is 0.0772. The third-order valence-corrected chi connectivity index (χ3v) is 0.713. The van der Waals surface area contributed by atoms with Crippen LogP contribution in [0.1, 0.15) is 6.92 Å². The summed E-state index contributed by atoms with van der Waals surface area (Å²) in [5.74, 6) is 0. The van der Waals surface area contributed by atoms with Gasteiger partial charge in [-0.1, -0.05) is 0 Å². The molecule has 0 aliphatic heterocycles. The summed E-state index contributed by atoms with van der Waals surface area (Å²) in [4.78, 5) is 0. The molecule has 0 rings (SSSR count). The van der Waals surface area contributed by atoms with E-state index in [9.17, 15) is 0 Å². The van der Waals surface area contributed by atoms with Crippen LogP contribution >= 0.6 is 0 Å². The highest BCUT2D eigenvalue weighted by Crippen LogP contribution is 1.80. The molecule has 0 amide bonds. The largest absolute Gasteiger partial charge is 0.362 e. The fourth-order valence-electron chi connectivity index (χ4n) is 0.232. The Morgan fingerprint density at radius 2 is 2.14 bits per heavy atom. The van der Waals surface area contributed by atoms with E-state index >= 15 is 0 Å². The molecule has 0 spiro atoms. The van der Waals surface area contributed by atoms with Crippen molar-refractivity contribution in [2.24, 2.45) is 11.5 Å². The molecule has 0 aliphatic carbocycles. The maximum atomic E-state index is 5.18. The Hall–Kier alpha value is -0.120. The molecular formula is C4H12N2O. The van der Waals surface area contributed by atoms with Gasteiger partial charge < -0.3 is 16.2 Å². The van der Waals surface area contributed by atoms with E-state index in [1.165, 1.54) is 0 Å². The first-order chi connectivity index (χ1) is 3.31. The molecule has 0 aromatic carbocycles.